The Kier molecular flexibility index (Phi) is 7.35. The molecule has 0 unspecified atom stereocenters. The molecule has 10 nitrogen and oxygen atoms in total. The molecule has 0 saturated carbocycles. The molecule has 1 aromatic heterocycles. The molecule has 0 bridgehead atoms. The second-order valence-corrected chi connectivity index (χ2v) is 10.0. The van der Waals surface area contributed by atoms with Crippen LogP contribution in [0.3, 0.4) is 0 Å². The molecule has 0 aliphatic carbocycles. The minimum atomic E-state index is -3.82. The van der Waals surface area contributed by atoms with Gasteiger partial charge in [-0.15, -0.1) is 5.11 Å². The molecule has 190 valence electrons. The molecule has 4 rings (SSSR count). The highest BCUT2D eigenvalue weighted by Crippen LogP contribution is 2.31. The number of aryl methyl sites for hydroxylation is 1. The predicted octanol–water partition coefficient (Wildman–Crippen LogP) is 5.35. The number of nitrogens with one attached hydrogen (secondary N) is 1. The number of hydrogen-bond acceptors (Lipinski definition) is 7. The number of amides is 1. The summed E-state index contributed by atoms with van der Waals surface area (Å²) in [6, 6.07) is 22.2. The summed E-state index contributed by atoms with van der Waals surface area (Å²) in [6.45, 7) is 5.19. The first-order chi connectivity index (χ1) is 17.7. The van der Waals surface area contributed by atoms with Gasteiger partial charge in [-0.05, 0) is 74.5 Å². The van der Waals surface area contributed by atoms with Crippen LogP contribution in [0.1, 0.15) is 19.5 Å². The van der Waals surface area contributed by atoms with Gasteiger partial charge in [0.25, 0.3) is 10.0 Å². The Hall–Kier alpha value is -4.51. The molecule has 37 heavy (non-hydrogen) atoms. The Balaban J connectivity index is 1.54. The van der Waals surface area contributed by atoms with Crippen molar-refractivity contribution in [3.8, 4) is 5.69 Å². The SMILES string of the molecule is CCN(c1ccc(NC(C)=O)cc1)S(=O)(=O)c1ccc(/N=N/c2c(C)nn(-c3ccccc3)c2N)cc1. The van der Waals surface area contributed by atoms with Gasteiger partial charge in [0.15, 0.2) is 11.5 Å². The number of nitrogen functional groups attached to an aromatic ring is 1. The quantitative estimate of drug-likeness (QED) is 0.304. The molecule has 1 amide bonds. The molecule has 11 heteroatoms. The van der Waals surface area contributed by atoms with Crippen LogP contribution in [-0.4, -0.2) is 30.7 Å². The zero-order chi connectivity index (χ0) is 26.6. The van der Waals surface area contributed by atoms with Gasteiger partial charge in [0, 0.05) is 19.2 Å². The average Bonchev–Trinajstić information content (AvgIpc) is 3.17. The van der Waals surface area contributed by atoms with Crippen LogP contribution in [0.2, 0.25) is 0 Å². The Morgan fingerprint density at radius 2 is 1.65 bits per heavy atom. The fourth-order valence-electron chi connectivity index (χ4n) is 3.75. The Morgan fingerprint density at radius 1 is 1.00 bits per heavy atom. The Morgan fingerprint density at radius 3 is 2.24 bits per heavy atom. The zero-order valence-electron chi connectivity index (χ0n) is 20.7. The number of carbonyl (C=O) groups excluding carboxylic acids is 1. The molecule has 1 heterocycles. The van der Waals surface area contributed by atoms with Crippen LogP contribution in [0, 0.1) is 6.92 Å². The molecule has 3 aromatic carbocycles. The lowest BCUT2D eigenvalue weighted by Crippen LogP contribution is -2.30. The van der Waals surface area contributed by atoms with Gasteiger partial charge in [-0.1, -0.05) is 18.2 Å². The van der Waals surface area contributed by atoms with E-state index in [0.29, 0.717) is 34.3 Å². The summed E-state index contributed by atoms with van der Waals surface area (Å²) in [5.41, 5.74) is 9.67. The lowest BCUT2D eigenvalue weighted by Gasteiger charge is -2.23. The molecule has 0 spiro atoms. The maximum atomic E-state index is 13.3. The molecule has 3 N–H and O–H groups in total. The van der Waals surface area contributed by atoms with Crippen molar-refractivity contribution in [3.05, 3.63) is 84.6 Å². The summed E-state index contributed by atoms with van der Waals surface area (Å²) in [4.78, 5) is 11.4. The molecule has 4 aromatic rings. The first kappa shape index (κ1) is 25.6. The summed E-state index contributed by atoms with van der Waals surface area (Å²) in [5.74, 6) is 0.155. The summed E-state index contributed by atoms with van der Waals surface area (Å²) in [6.07, 6.45) is 0. The van der Waals surface area contributed by atoms with Crippen molar-refractivity contribution in [1.29, 1.82) is 0 Å². The number of para-hydroxylation sites is 1. The minimum Gasteiger partial charge on any atom is -0.382 e. The summed E-state index contributed by atoms with van der Waals surface area (Å²) in [7, 11) is -3.82. The van der Waals surface area contributed by atoms with E-state index in [1.807, 2.05) is 30.3 Å². The van der Waals surface area contributed by atoms with Gasteiger partial charge in [0.2, 0.25) is 5.91 Å². The van der Waals surface area contributed by atoms with Crippen LogP contribution in [0.5, 0.6) is 0 Å². The van der Waals surface area contributed by atoms with E-state index in [-0.39, 0.29) is 17.3 Å². The molecule has 0 aliphatic rings. The van der Waals surface area contributed by atoms with E-state index >= 15 is 0 Å². The first-order valence-electron chi connectivity index (χ1n) is 11.5. The first-order valence-corrected chi connectivity index (χ1v) is 13.0. The number of nitrogens with two attached hydrogens (primary N) is 1. The standard InChI is InChI=1S/C26H27N7O3S/c1-4-32(22-14-10-20(11-15-22)28-19(3)34)37(35,36)24-16-12-21(13-17-24)29-30-25-18(2)31-33(26(25)27)23-8-6-5-7-9-23/h5-17H,4,27H2,1-3H3,(H,28,34)/b30-29+. The highest BCUT2D eigenvalue weighted by Gasteiger charge is 2.23. The second-order valence-electron chi connectivity index (χ2n) is 8.16. The maximum Gasteiger partial charge on any atom is 0.264 e. The maximum absolute atomic E-state index is 13.3. The number of aromatic nitrogens is 2. The fourth-order valence-corrected chi connectivity index (χ4v) is 5.23. The van der Waals surface area contributed by atoms with Crippen LogP contribution in [0.4, 0.5) is 28.6 Å². The van der Waals surface area contributed by atoms with Gasteiger partial charge in [-0.2, -0.15) is 10.2 Å². The van der Waals surface area contributed by atoms with E-state index in [0.717, 1.165) is 5.69 Å². The van der Waals surface area contributed by atoms with Crippen molar-refractivity contribution >= 4 is 44.5 Å². The van der Waals surface area contributed by atoms with Crippen molar-refractivity contribution in [2.45, 2.75) is 25.7 Å². The fraction of sp³-hybridized carbons (Fsp3) is 0.154. The van der Waals surface area contributed by atoms with Gasteiger partial charge in [-0.25, -0.2) is 13.1 Å². The van der Waals surface area contributed by atoms with Gasteiger partial charge in [0.05, 0.1) is 27.7 Å². The van der Waals surface area contributed by atoms with Crippen LogP contribution >= 0.6 is 0 Å². The van der Waals surface area contributed by atoms with Crippen LogP contribution in [0.25, 0.3) is 5.69 Å². The summed E-state index contributed by atoms with van der Waals surface area (Å²) >= 11 is 0. The summed E-state index contributed by atoms with van der Waals surface area (Å²) < 4.78 is 29.5. The lowest BCUT2D eigenvalue weighted by molar-refractivity contribution is -0.114. The minimum absolute atomic E-state index is 0.117. The van der Waals surface area contributed by atoms with E-state index in [1.165, 1.54) is 23.4 Å². The number of nitrogens with zero attached hydrogens (tertiary/aromatic N) is 5. The number of anilines is 3. The number of azo groups is 1. The number of sulfonamides is 1. The molecule has 0 fully saturated rings. The highest BCUT2D eigenvalue weighted by atomic mass is 32.2. The number of rotatable bonds is 8. The van der Waals surface area contributed by atoms with Crippen LogP contribution in [-0.2, 0) is 14.8 Å². The third-order valence-corrected chi connectivity index (χ3v) is 7.43. The normalized spacial score (nSPS) is 11.5. The van der Waals surface area contributed by atoms with Gasteiger partial charge in [-0.3, -0.25) is 9.10 Å². The number of carbonyl (C=O) groups is 1. The van der Waals surface area contributed by atoms with Crippen molar-refractivity contribution < 1.29 is 13.2 Å². The van der Waals surface area contributed by atoms with Crippen molar-refractivity contribution in [1.82, 2.24) is 9.78 Å². The molecule has 0 radical (unpaired) electrons. The van der Waals surface area contributed by atoms with E-state index in [2.05, 4.69) is 20.6 Å². The van der Waals surface area contributed by atoms with E-state index < -0.39 is 10.0 Å². The van der Waals surface area contributed by atoms with E-state index in [1.54, 1.807) is 54.9 Å². The molecular weight excluding hydrogens is 490 g/mol. The summed E-state index contributed by atoms with van der Waals surface area (Å²) in [5, 5.41) is 15.6. The van der Waals surface area contributed by atoms with E-state index in [4.69, 9.17) is 5.73 Å². The van der Waals surface area contributed by atoms with Gasteiger partial charge < -0.3 is 11.1 Å². The molecule has 0 saturated heterocycles. The third-order valence-electron chi connectivity index (χ3n) is 5.52. The van der Waals surface area contributed by atoms with Crippen LogP contribution < -0.4 is 15.4 Å². The predicted molar refractivity (Wildman–Crippen MR) is 144 cm³/mol. The Bertz CT molecular complexity index is 1530. The smallest absolute Gasteiger partial charge is 0.264 e. The monoisotopic (exact) mass is 517 g/mol. The Labute approximate surface area is 215 Å². The van der Waals surface area contributed by atoms with Gasteiger partial charge >= 0.3 is 0 Å². The molecular formula is C26H27N7O3S. The number of benzene rings is 3. The highest BCUT2D eigenvalue weighted by molar-refractivity contribution is 7.92. The molecule has 0 aliphatic heterocycles. The largest absolute Gasteiger partial charge is 0.382 e. The van der Waals surface area contributed by atoms with Gasteiger partial charge in [0.1, 0.15) is 0 Å². The van der Waals surface area contributed by atoms with Crippen molar-refractivity contribution in [2.75, 3.05) is 21.9 Å². The third kappa shape index (κ3) is 5.51. The number of hydrogen-bond donors (Lipinski definition) is 2. The zero-order valence-corrected chi connectivity index (χ0v) is 21.5. The second kappa shape index (κ2) is 10.6. The lowest BCUT2D eigenvalue weighted by atomic mass is 10.3. The van der Waals surface area contributed by atoms with Crippen molar-refractivity contribution in [3.63, 3.8) is 0 Å². The van der Waals surface area contributed by atoms with E-state index in [9.17, 15) is 13.2 Å². The average molecular weight is 518 g/mol. The molecule has 0 atom stereocenters. The van der Waals surface area contributed by atoms with Crippen LogP contribution in [0.15, 0.2) is 94.0 Å². The van der Waals surface area contributed by atoms with Crippen molar-refractivity contribution in [2.24, 2.45) is 10.2 Å². The topological polar surface area (TPSA) is 135 Å².